The summed E-state index contributed by atoms with van der Waals surface area (Å²) in [4.78, 5) is 11.5. The molecule has 5 nitrogen and oxygen atoms in total. The minimum atomic E-state index is -3.48. The monoisotopic (exact) mass is 259 g/mol. The van der Waals surface area contributed by atoms with E-state index in [-0.39, 0.29) is 21.3 Å². The standard InChI is InChI=1S/C9H9NO4S2/c1-3-14-8(11)7-4-6(5-10)9(15-7)16(2,12)13/h4H,3H2,1-2H3. The predicted octanol–water partition coefficient (Wildman–Crippen LogP) is 1.20. The molecule has 0 aliphatic heterocycles. The Morgan fingerprint density at radius 3 is 2.62 bits per heavy atom. The number of carbonyl (C=O) groups excluding carboxylic acids is 1. The van der Waals surface area contributed by atoms with Crippen molar-refractivity contribution in [2.24, 2.45) is 0 Å². The lowest BCUT2D eigenvalue weighted by molar-refractivity contribution is 0.0532. The van der Waals surface area contributed by atoms with E-state index in [1.54, 1.807) is 13.0 Å². The Hall–Kier alpha value is -1.39. The summed E-state index contributed by atoms with van der Waals surface area (Å²) in [6.45, 7) is 1.85. The van der Waals surface area contributed by atoms with Gasteiger partial charge in [0.25, 0.3) is 0 Å². The number of nitriles is 1. The molecule has 0 bridgehead atoms. The van der Waals surface area contributed by atoms with E-state index in [9.17, 15) is 13.2 Å². The van der Waals surface area contributed by atoms with Crippen molar-refractivity contribution < 1.29 is 17.9 Å². The van der Waals surface area contributed by atoms with Crippen molar-refractivity contribution in [1.29, 1.82) is 5.26 Å². The maximum atomic E-state index is 11.3. The number of carbonyl (C=O) groups is 1. The highest BCUT2D eigenvalue weighted by Crippen LogP contribution is 2.27. The largest absolute Gasteiger partial charge is 0.462 e. The van der Waals surface area contributed by atoms with Gasteiger partial charge in [0.05, 0.1) is 12.2 Å². The molecular weight excluding hydrogens is 250 g/mol. The zero-order chi connectivity index (χ0) is 12.3. The van der Waals surface area contributed by atoms with Crippen LogP contribution in [0.25, 0.3) is 0 Å². The Balaban J connectivity index is 3.25. The summed E-state index contributed by atoms with van der Waals surface area (Å²) in [6.07, 6.45) is 0.995. The van der Waals surface area contributed by atoms with E-state index in [0.29, 0.717) is 0 Å². The van der Waals surface area contributed by atoms with Crippen LogP contribution in [0.5, 0.6) is 0 Å². The van der Waals surface area contributed by atoms with Crippen molar-refractivity contribution >= 4 is 27.1 Å². The van der Waals surface area contributed by atoms with Gasteiger partial charge in [-0.15, -0.1) is 11.3 Å². The maximum Gasteiger partial charge on any atom is 0.348 e. The summed E-state index contributed by atoms with van der Waals surface area (Å²) < 4.78 is 27.2. The second-order valence-corrected chi connectivity index (χ2v) is 6.18. The molecule has 1 aromatic rings. The Morgan fingerprint density at radius 2 is 2.25 bits per heavy atom. The lowest BCUT2D eigenvalue weighted by Crippen LogP contribution is -2.01. The Bertz CT molecular complexity index is 551. The van der Waals surface area contributed by atoms with Crippen LogP contribution in [0.4, 0.5) is 0 Å². The second kappa shape index (κ2) is 4.63. The highest BCUT2D eigenvalue weighted by Gasteiger charge is 2.21. The lowest BCUT2D eigenvalue weighted by atomic mass is 10.3. The SMILES string of the molecule is CCOC(=O)c1cc(C#N)c(S(C)(=O)=O)s1. The van der Waals surface area contributed by atoms with Gasteiger partial charge in [-0.3, -0.25) is 0 Å². The topological polar surface area (TPSA) is 84.2 Å². The number of nitrogens with zero attached hydrogens (tertiary/aromatic N) is 1. The molecule has 86 valence electrons. The first-order valence-corrected chi connectivity index (χ1v) is 7.02. The van der Waals surface area contributed by atoms with Gasteiger partial charge in [-0.1, -0.05) is 0 Å². The van der Waals surface area contributed by atoms with Crippen LogP contribution in [0.2, 0.25) is 0 Å². The molecule has 1 heterocycles. The molecule has 16 heavy (non-hydrogen) atoms. The minimum absolute atomic E-state index is 0.0180. The molecule has 0 atom stereocenters. The van der Waals surface area contributed by atoms with E-state index in [4.69, 9.17) is 10.00 Å². The van der Waals surface area contributed by atoms with Crippen LogP contribution in [-0.4, -0.2) is 27.2 Å². The molecule has 0 aliphatic rings. The number of ether oxygens (including phenoxy) is 1. The van der Waals surface area contributed by atoms with Gasteiger partial charge in [0.1, 0.15) is 15.2 Å². The van der Waals surface area contributed by atoms with Crippen molar-refractivity contribution in [3.63, 3.8) is 0 Å². The number of esters is 1. The molecule has 0 fully saturated rings. The van der Waals surface area contributed by atoms with Crippen molar-refractivity contribution in [1.82, 2.24) is 0 Å². The van der Waals surface area contributed by atoms with Crippen molar-refractivity contribution in [3.8, 4) is 6.07 Å². The summed E-state index contributed by atoms with van der Waals surface area (Å²) in [5.74, 6) is -0.612. The molecule has 0 aliphatic carbocycles. The number of hydrogen-bond donors (Lipinski definition) is 0. The van der Waals surface area contributed by atoms with Crippen LogP contribution >= 0.6 is 11.3 Å². The van der Waals surface area contributed by atoms with Gasteiger partial charge in [0.2, 0.25) is 0 Å². The summed E-state index contributed by atoms with van der Waals surface area (Å²) in [7, 11) is -3.48. The van der Waals surface area contributed by atoms with E-state index in [2.05, 4.69) is 0 Å². The molecule has 0 spiro atoms. The smallest absolute Gasteiger partial charge is 0.348 e. The molecule has 1 aromatic heterocycles. The quantitative estimate of drug-likeness (QED) is 0.761. The van der Waals surface area contributed by atoms with Gasteiger partial charge in [0.15, 0.2) is 9.84 Å². The lowest BCUT2D eigenvalue weighted by Gasteiger charge is -1.96. The van der Waals surface area contributed by atoms with E-state index in [1.165, 1.54) is 6.07 Å². The van der Waals surface area contributed by atoms with Crippen molar-refractivity contribution in [2.45, 2.75) is 11.1 Å². The fraction of sp³-hybridized carbons (Fsp3) is 0.333. The summed E-state index contributed by atoms with van der Waals surface area (Å²) in [5.41, 5.74) is -0.0180. The molecule has 1 rings (SSSR count). The van der Waals surface area contributed by atoms with Crippen LogP contribution in [0.1, 0.15) is 22.2 Å². The summed E-state index contributed by atoms with van der Waals surface area (Å²) in [6, 6.07) is 2.98. The molecule has 0 saturated heterocycles. The van der Waals surface area contributed by atoms with Gasteiger partial charge >= 0.3 is 5.97 Å². The average molecular weight is 259 g/mol. The highest BCUT2D eigenvalue weighted by molar-refractivity contribution is 7.92. The Morgan fingerprint density at radius 1 is 1.62 bits per heavy atom. The molecule has 0 amide bonds. The zero-order valence-electron chi connectivity index (χ0n) is 8.68. The molecule has 0 unspecified atom stereocenters. The number of rotatable bonds is 3. The Kier molecular flexibility index (Phi) is 3.67. The van der Waals surface area contributed by atoms with E-state index in [1.807, 2.05) is 0 Å². The highest BCUT2D eigenvalue weighted by atomic mass is 32.2. The Labute approximate surface area is 97.2 Å². The third-order valence-corrected chi connectivity index (χ3v) is 4.59. The molecule has 0 N–H and O–H groups in total. The van der Waals surface area contributed by atoms with Gasteiger partial charge in [0, 0.05) is 6.26 Å². The average Bonchev–Trinajstić information content (AvgIpc) is 2.61. The first kappa shape index (κ1) is 12.7. The fourth-order valence-corrected chi connectivity index (χ4v) is 3.14. The first-order valence-electron chi connectivity index (χ1n) is 4.31. The van der Waals surface area contributed by atoms with Gasteiger partial charge in [-0.25, -0.2) is 13.2 Å². The predicted molar refractivity (Wildman–Crippen MR) is 58.1 cm³/mol. The molecule has 0 aromatic carbocycles. The van der Waals surface area contributed by atoms with Crippen LogP contribution < -0.4 is 0 Å². The molecule has 7 heteroatoms. The van der Waals surface area contributed by atoms with E-state index < -0.39 is 15.8 Å². The van der Waals surface area contributed by atoms with Crippen LogP contribution in [0.15, 0.2) is 10.3 Å². The molecule has 0 saturated carbocycles. The molecular formula is C9H9NO4S2. The van der Waals surface area contributed by atoms with Crippen molar-refractivity contribution in [2.75, 3.05) is 12.9 Å². The van der Waals surface area contributed by atoms with Gasteiger partial charge in [-0.05, 0) is 13.0 Å². The molecule has 0 radical (unpaired) electrons. The summed E-state index contributed by atoms with van der Waals surface area (Å²) >= 11 is 0.754. The zero-order valence-corrected chi connectivity index (χ0v) is 10.3. The van der Waals surface area contributed by atoms with Crippen LogP contribution in [0.3, 0.4) is 0 Å². The van der Waals surface area contributed by atoms with Crippen molar-refractivity contribution in [3.05, 3.63) is 16.5 Å². The fourth-order valence-electron chi connectivity index (χ4n) is 1.03. The summed E-state index contributed by atoms with van der Waals surface area (Å²) in [5, 5.41) is 8.75. The normalized spacial score (nSPS) is 10.8. The maximum absolute atomic E-state index is 11.3. The third kappa shape index (κ3) is 2.59. The van der Waals surface area contributed by atoms with Crippen LogP contribution in [0, 0.1) is 11.3 Å². The third-order valence-electron chi connectivity index (χ3n) is 1.63. The number of hydrogen-bond acceptors (Lipinski definition) is 6. The van der Waals surface area contributed by atoms with Gasteiger partial charge < -0.3 is 4.74 Å². The van der Waals surface area contributed by atoms with E-state index >= 15 is 0 Å². The number of sulfone groups is 1. The first-order chi connectivity index (χ1) is 7.40. The number of thiophene rings is 1. The van der Waals surface area contributed by atoms with Gasteiger partial charge in [-0.2, -0.15) is 5.26 Å². The minimum Gasteiger partial charge on any atom is -0.462 e. The van der Waals surface area contributed by atoms with Crippen LogP contribution in [-0.2, 0) is 14.6 Å². The van der Waals surface area contributed by atoms with E-state index in [0.717, 1.165) is 17.6 Å². The second-order valence-electron chi connectivity index (χ2n) is 2.92.